The monoisotopic (exact) mass is 398 g/mol. The highest BCUT2D eigenvalue weighted by Gasteiger charge is 2.18. The molecule has 0 heterocycles. The minimum Gasteiger partial charge on any atom is -0.497 e. The van der Waals surface area contributed by atoms with Crippen LogP contribution in [0.4, 0.5) is 5.69 Å². The van der Waals surface area contributed by atoms with E-state index >= 15 is 0 Å². The largest absolute Gasteiger partial charge is 0.497 e. The van der Waals surface area contributed by atoms with Crippen LogP contribution in [0.1, 0.15) is 17.2 Å². The van der Waals surface area contributed by atoms with Gasteiger partial charge in [-0.15, -0.1) is 0 Å². The van der Waals surface area contributed by atoms with Crippen LogP contribution < -0.4 is 20.3 Å². The van der Waals surface area contributed by atoms with Crippen molar-refractivity contribution in [1.29, 1.82) is 0 Å². The Hall–Kier alpha value is -3.06. The average molecular weight is 399 g/mol. The van der Waals surface area contributed by atoms with Gasteiger partial charge in [0.2, 0.25) is 0 Å². The summed E-state index contributed by atoms with van der Waals surface area (Å²) in [4.78, 5) is 28.4. The zero-order valence-corrected chi connectivity index (χ0v) is 17.7. The molecule has 7 heteroatoms. The van der Waals surface area contributed by atoms with Gasteiger partial charge in [-0.3, -0.25) is 9.59 Å². The molecular weight excluding hydrogens is 368 g/mol. The zero-order valence-electron chi connectivity index (χ0n) is 17.7. The van der Waals surface area contributed by atoms with Crippen LogP contribution in [0.3, 0.4) is 0 Å². The lowest BCUT2D eigenvalue weighted by molar-refractivity contribution is -0.139. The number of nitrogens with one attached hydrogen (secondary N) is 2. The number of carbonyl (C=O) groups is 2. The molecule has 7 nitrogen and oxygen atoms in total. The van der Waals surface area contributed by atoms with Gasteiger partial charge < -0.3 is 25.2 Å². The van der Waals surface area contributed by atoms with Crippen molar-refractivity contribution in [3.63, 3.8) is 0 Å². The Labute approximate surface area is 172 Å². The summed E-state index contributed by atoms with van der Waals surface area (Å²) in [6.07, 6.45) is 0. The minimum atomic E-state index is -0.652. The molecule has 0 saturated carbocycles. The van der Waals surface area contributed by atoms with E-state index in [9.17, 15) is 9.59 Å². The van der Waals surface area contributed by atoms with Crippen LogP contribution in [0.2, 0.25) is 0 Å². The van der Waals surface area contributed by atoms with Gasteiger partial charge in [-0.05, 0) is 49.5 Å². The van der Waals surface area contributed by atoms with Crippen molar-refractivity contribution in [1.82, 2.24) is 15.5 Å². The number of anilines is 1. The van der Waals surface area contributed by atoms with Crippen LogP contribution in [0.25, 0.3) is 0 Å². The molecule has 0 radical (unpaired) electrons. The summed E-state index contributed by atoms with van der Waals surface area (Å²) in [6.45, 7) is 0.614. The Bertz CT molecular complexity index is 802. The quantitative estimate of drug-likeness (QED) is 0.664. The van der Waals surface area contributed by atoms with Crippen LogP contribution in [-0.2, 0) is 16.1 Å². The number of methoxy groups -OCH3 is 1. The average Bonchev–Trinajstić information content (AvgIpc) is 2.72. The molecule has 1 atom stereocenters. The summed E-state index contributed by atoms with van der Waals surface area (Å²) in [5, 5.41) is 5.37. The van der Waals surface area contributed by atoms with E-state index in [1.54, 1.807) is 7.11 Å². The maximum atomic E-state index is 12.2. The van der Waals surface area contributed by atoms with E-state index in [-0.39, 0.29) is 12.6 Å². The van der Waals surface area contributed by atoms with Gasteiger partial charge in [0, 0.05) is 32.9 Å². The summed E-state index contributed by atoms with van der Waals surface area (Å²) in [5.41, 5.74) is 3.06. The molecular formula is C22H30N4O3. The van der Waals surface area contributed by atoms with E-state index < -0.39 is 11.8 Å². The highest BCUT2D eigenvalue weighted by molar-refractivity contribution is 6.35. The minimum absolute atomic E-state index is 0.0375. The summed E-state index contributed by atoms with van der Waals surface area (Å²) in [6, 6.07) is 15.4. The molecule has 2 amide bonds. The first-order valence-corrected chi connectivity index (χ1v) is 9.44. The molecule has 0 aliphatic carbocycles. The van der Waals surface area contributed by atoms with Gasteiger partial charge in [0.15, 0.2) is 0 Å². The fraction of sp³-hybridized carbons (Fsp3) is 0.364. The van der Waals surface area contributed by atoms with Crippen molar-refractivity contribution >= 4 is 17.5 Å². The zero-order chi connectivity index (χ0) is 21.4. The Morgan fingerprint density at radius 1 is 0.897 bits per heavy atom. The normalized spacial score (nSPS) is 11.7. The third-order valence-corrected chi connectivity index (χ3v) is 4.69. The Morgan fingerprint density at radius 2 is 1.48 bits per heavy atom. The lowest BCUT2D eigenvalue weighted by atomic mass is 10.1. The van der Waals surface area contributed by atoms with Gasteiger partial charge >= 0.3 is 11.8 Å². The fourth-order valence-corrected chi connectivity index (χ4v) is 2.87. The molecule has 0 spiro atoms. The summed E-state index contributed by atoms with van der Waals surface area (Å²) < 4.78 is 5.10. The fourth-order valence-electron chi connectivity index (χ4n) is 2.87. The molecule has 156 valence electrons. The highest BCUT2D eigenvalue weighted by atomic mass is 16.5. The Kier molecular flexibility index (Phi) is 8.03. The second kappa shape index (κ2) is 10.5. The number of likely N-dealkylation sites (N-methyl/N-ethyl adjacent to an activating group) is 1. The molecule has 0 aromatic heterocycles. The second-order valence-corrected chi connectivity index (χ2v) is 7.21. The number of ether oxygens (including phenoxy) is 1. The van der Waals surface area contributed by atoms with Gasteiger partial charge in [-0.1, -0.05) is 24.3 Å². The number of benzene rings is 2. The molecule has 2 aromatic rings. The summed E-state index contributed by atoms with van der Waals surface area (Å²) in [5.74, 6) is -0.553. The van der Waals surface area contributed by atoms with Crippen LogP contribution >= 0.6 is 0 Å². The van der Waals surface area contributed by atoms with Crippen LogP contribution in [-0.4, -0.2) is 58.6 Å². The smallest absolute Gasteiger partial charge is 0.309 e. The van der Waals surface area contributed by atoms with Crippen LogP contribution in [0, 0.1) is 0 Å². The number of hydrogen-bond donors (Lipinski definition) is 2. The van der Waals surface area contributed by atoms with Gasteiger partial charge in [0.1, 0.15) is 5.75 Å². The number of carbonyl (C=O) groups excluding carboxylic acids is 2. The van der Waals surface area contributed by atoms with Crippen molar-refractivity contribution in [2.24, 2.45) is 0 Å². The molecule has 0 aliphatic rings. The second-order valence-electron chi connectivity index (χ2n) is 7.21. The van der Waals surface area contributed by atoms with E-state index in [1.165, 1.54) is 0 Å². The maximum absolute atomic E-state index is 12.2. The third-order valence-electron chi connectivity index (χ3n) is 4.69. The molecule has 2 N–H and O–H groups in total. The lowest BCUT2D eigenvalue weighted by Gasteiger charge is -2.25. The molecule has 0 saturated heterocycles. The predicted molar refractivity (Wildman–Crippen MR) is 115 cm³/mol. The molecule has 1 unspecified atom stereocenters. The lowest BCUT2D eigenvalue weighted by Crippen LogP contribution is -2.42. The van der Waals surface area contributed by atoms with Crippen LogP contribution in [0.5, 0.6) is 5.75 Å². The van der Waals surface area contributed by atoms with E-state index in [1.807, 2.05) is 86.5 Å². The van der Waals surface area contributed by atoms with E-state index in [2.05, 4.69) is 10.6 Å². The molecule has 0 bridgehead atoms. The van der Waals surface area contributed by atoms with Crippen molar-refractivity contribution in [3.05, 3.63) is 59.7 Å². The maximum Gasteiger partial charge on any atom is 0.309 e. The number of nitrogens with zero attached hydrogens (tertiary/aromatic N) is 2. The number of hydrogen-bond acceptors (Lipinski definition) is 5. The SMILES string of the molecule is COc1ccc(CNC(=O)C(=O)NCC(c2ccc(N(C)C)cc2)N(C)C)cc1. The van der Waals surface area contributed by atoms with Gasteiger partial charge in [0.05, 0.1) is 13.2 Å². The summed E-state index contributed by atoms with van der Waals surface area (Å²) >= 11 is 0. The van der Waals surface area contributed by atoms with Crippen molar-refractivity contribution in [2.45, 2.75) is 12.6 Å². The van der Waals surface area contributed by atoms with E-state index in [4.69, 9.17) is 4.74 Å². The molecule has 0 fully saturated rings. The van der Waals surface area contributed by atoms with Gasteiger partial charge in [0.25, 0.3) is 0 Å². The molecule has 2 aromatic carbocycles. The summed E-state index contributed by atoms with van der Waals surface area (Å²) in [7, 11) is 9.46. The van der Waals surface area contributed by atoms with Gasteiger partial charge in [-0.2, -0.15) is 0 Å². The first-order chi connectivity index (χ1) is 13.8. The first kappa shape index (κ1) is 22.2. The van der Waals surface area contributed by atoms with Crippen LogP contribution in [0.15, 0.2) is 48.5 Å². The van der Waals surface area contributed by atoms with E-state index in [0.29, 0.717) is 6.54 Å². The topological polar surface area (TPSA) is 73.9 Å². The molecule has 29 heavy (non-hydrogen) atoms. The predicted octanol–water partition coefficient (Wildman–Crippen LogP) is 1.80. The van der Waals surface area contributed by atoms with Crippen molar-refractivity contribution in [2.75, 3.05) is 46.7 Å². The standard InChI is InChI=1S/C22H30N4O3/c1-25(2)18-10-8-17(9-11-18)20(26(3)4)15-24-22(28)21(27)23-14-16-6-12-19(29-5)13-7-16/h6-13,20H,14-15H2,1-5H3,(H,23,27)(H,24,28). The first-order valence-electron chi connectivity index (χ1n) is 9.44. The molecule has 0 aliphatic heterocycles. The van der Waals surface area contributed by atoms with Crippen molar-refractivity contribution < 1.29 is 14.3 Å². The number of amides is 2. The molecule has 2 rings (SSSR count). The number of rotatable bonds is 8. The van der Waals surface area contributed by atoms with E-state index in [0.717, 1.165) is 22.6 Å². The Morgan fingerprint density at radius 3 is 2.00 bits per heavy atom. The van der Waals surface area contributed by atoms with Crippen molar-refractivity contribution in [3.8, 4) is 5.75 Å². The van der Waals surface area contributed by atoms with Gasteiger partial charge in [-0.25, -0.2) is 0 Å². The highest BCUT2D eigenvalue weighted by Crippen LogP contribution is 2.21. The Balaban J connectivity index is 1.89. The third kappa shape index (κ3) is 6.50.